The molecule has 36 heavy (non-hydrogen) atoms. The van der Waals surface area contributed by atoms with Gasteiger partial charge in [-0.1, -0.05) is 0 Å². The minimum absolute atomic E-state index is 0.152. The zero-order valence-electron chi connectivity index (χ0n) is 20.4. The molecular formula is C25H31FN6O3S. The molecule has 2 aliphatic rings. The number of halogens is 1. The number of nitrogens with zero attached hydrogens (tertiary/aromatic N) is 3. The van der Waals surface area contributed by atoms with E-state index in [4.69, 9.17) is 25.9 Å². The molecule has 9 nitrogen and oxygen atoms in total. The van der Waals surface area contributed by atoms with E-state index in [0.29, 0.717) is 67.5 Å². The quantitative estimate of drug-likeness (QED) is 0.409. The molecule has 0 spiro atoms. The molecule has 0 radical (unpaired) electrons. The van der Waals surface area contributed by atoms with Crippen LogP contribution >= 0.6 is 11.3 Å². The molecule has 1 amide bonds. The lowest BCUT2D eigenvalue weighted by Crippen LogP contribution is -2.39. The number of anilines is 2. The summed E-state index contributed by atoms with van der Waals surface area (Å²) in [6.45, 7) is 3.96. The Morgan fingerprint density at radius 1 is 1.31 bits per heavy atom. The topological polar surface area (TPSA) is 129 Å². The van der Waals surface area contributed by atoms with Crippen molar-refractivity contribution in [1.29, 1.82) is 0 Å². The molecule has 1 aliphatic heterocycles. The maximum Gasteiger partial charge on any atom is 0.263 e. The fourth-order valence-electron chi connectivity index (χ4n) is 4.90. The summed E-state index contributed by atoms with van der Waals surface area (Å²) in [5, 5.41) is 3.82. The van der Waals surface area contributed by atoms with E-state index in [1.165, 1.54) is 17.4 Å². The van der Waals surface area contributed by atoms with Crippen LogP contribution in [0.4, 0.5) is 15.9 Å². The average molecular weight is 515 g/mol. The first kappa shape index (κ1) is 24.8. The van der Waals surface area contributed by atoms with Crippen LogP contribution in [0.1, 0.15) is 33.0 Å². The molecule has 3 atom stereocenters. The number of amides is 1. The Morgan fingerprint density at radius 3 is 2.94 bits per heavy atom. The van der Waals surface area contributed by atoms with Gasteiger partial charge in [0.1, 0.15) is 21.3 Å². The number of nitrogen functional groups attached to an aromatic ring is 1. The van der Waals surface area contributed by atoms with Crippen molar-refractivity contribution in [3.8, 4) is 0 Å². The summed E-state index contributed by atoms with van der Waals surface area (Å²) < 4.78 is 26.1. The number of pyridine rings is 2. The van der Waals surface area contributed by atoms with Crippen molar-refractivity contribution in [2.45, 2.75) is 44.4 Å². The van der Waals surface area contributed by atoms with Crippen molar-refractivity contribution in [2.24, 2.45) is 5.73 Å². The minimum Gasteiger partial charge on any atom is -0.397 e. The van der Waals surface area contributed by atoms with Gasteiger partial charge in [-0.3, -0.25) is 4.79 Å². The van der Waals surface area contributed by atoms with E-state index in [9.17, 15) is 4.79 Å². The number of nitrogens with two attached hydrogens (primary N) is 2. The van der Waals surface area contributed by atoms with E-state index in [1.807, 2.05) is 24.0 Å². The van der Waals surface area contributed by atoms with Gasteiger partial charge in [-0.2, -0.15) is 0 Å². The minimum atomic E-state index is -0.313. The molecule has 192 valence electrons. The third-order valence-corrected chi connectivity index (χ3v) is 7.96. The maximum atomic E-state index is 15.2. The lowest BCUT2D eigenvalue weighted by atomic mass is 9.91. The van der Waals surface area contributed by atoms with Crippen LogP contribution in [0.5, 0.6) is 0 Å². The first-order valence-corrected chi connectivity index (χ1v) is 12.9. The number of carbonyl (C=O) groups is 1. The molecular weight excluding hydrogens is 483 g/mol. The normalized spacial score (nSPS) is 21.7. The number of ether oxygens (including phenoxy) is 2. The van der Waals surface area contributed by atoms with E-state index in [-0.39, 0.29) is 29.9 Å². The molecule has 5 rings (SSSR count). The standard InChI is InChI=1S/C25H31FN6O3S/c1-13-3-5-15-22(28)23(36-25(15)29-13)24(33)30-14-4-6-19-16(9-14)17(26)10-21(31-19)32-11-18(27)20(12-32)35-8-7-34-2/h3,5,10,14,18,20H,4,6-9,11-12,27-28H2,1-2H3,(H,30,33). The number of rotatable bonds is 7. The van der Waals surface area contributed by atoms with Gasteiger partial charge in [-0.25, -0.2) is 14.4 Å². The maximum absolute atomic E-state index is 15.2. The highest BCUT2D eigenvalue weighted by molar-refractivity contribution is 7.21. The van der Waals surface area contributed by atoms with Crippen molar-refractivity contribution < 1.29 is 18.7 Å². The van der Waals surface area contributed by atoms with E-state index >= 15 is 4.39 Å². The molecule has 1 aliphatic carbocycles. The fraction of sp³-hybridized carbons (Fsp3) is 0.480. The molecule has 3 unspecified atom stereocenters. The fourth-order valence-corrected chi connectivity index (χ4v) is 5.94. The number of aromatic nitrogens is 2. The Balaban J connectivity index is 1.26. The average Bonchev–Trinajstić information content (AvgIpc) is 3.38. The van der Waals surface area contributed by atoms with Gasteiger partial charge >= 0.3 is 0 Å². The van der Waals surface area contributed by atoms with Crippen molar-refractivity contribution >= 4 is 39.0 Å². The molecule has 4 heterocycles. The second-order valence-corrected chi connectivity index (χ2v) is 10.4. The van der Waals surface area contributed by atoms with Crippen molar-refractivity contribution in [3.05, 3.63) is 45.8 Å². The summed E-state index contributed by atoms with van der Waals surface area (Å²) in [6.07, 6.45) is 1.46. The largest absolute Gasteiger partial charge is 0.397 e. The number of carbonyl (C=O) groups excluding carboxylic acids is 1. The first-order valence-electron chi connectivity index (χ1n) is 12.1. The van der Waals surface area contributed by atoms with Gasteiger partial charge in [0.15, 0.2) is 0 Å². The lowest BCUT2D eigenvalue weighted by Gasteiger charge is -2.27. The van der Waals surface area contributed by atoms with Gasteiger partial charge < -0.3 is 31.2 Å². The number of nitrogens with one attached hydrogen (secondary N) is 1. The molecule has 1 saturated heterocycles. The van der Waals surface area contributed by atoms with Gasteiger partial charge in [0.05, 0.1) is 31.0 Å². The number of hydrogen-bond donors (Lipinski definition) is 3. The number of thiophene rings is 1. The van der Waals surface area contributed by atoms with Gasteiger partial charge in [-0.05, 0) is 38.3 Å². The van der Waals surface area contributed by atoms with E-state index in [0.717, 1.165) is 21.6 Å². The summed E-state index contributed by atoms with van der Waals surface area (Å²) >= 11 is 1.28. The molecule has 5 N–H and O–H groups in total. The van der Waals surface area contributed by atoms with Crippen LogP contribution in [-0.4, -0.2) is 67.5 Å². The van der Waals surface area contributed by atoms with Crippen LogP contribution in [0, 0.1) is 12.7 Å². The zero-order valence-corrected chi connectivity index (χ0v) is 21.2. The van der Waals surface area contributed by atoms with Crippen LogP contribution in [0.25, 0.3) is 10.2 Å². The van der Waals surface area contributed by atoms with E-state index in [2.05, 4.69) is 10.3 Å². The Hall–Kier alpha value is -2.86. The van der Waals surface area contributed by atoms with Gasteiger partial charge in [-0.15, -0.1) is 11.3 Å². The second-order valence-electron chi connectivity index (χ2n) is 9.42. The molecule has 0 aromatic carbocycles. The Labute approximate surface area is 213 Å². The molecule has 11 heteroatoms. The summed E-state index contributed by atoms with van der Waals surface area (Å²) in [7, 11) is 1.62. The summed E-state index contributed by atoms with van der Waals surface area (Å²) in [5.74, 6) is 0.00681. The smallest absolute Gasteiger partial charge is 0.263 e. The van der Waals surface area contributed by atoms with Crippen LogP contribution < -0.4 is 21.7 Å². The van der Waals surface area contributed by atoms with Crippen LogP contribution in [0.3, 0.4) is 0 Å². The Kier molecular flexibility index (Phi) is 7.07. The predicted octanol–water partition coefficient (Wildman–Crippen LogP) is 2.19. The third kappa shape index (κ3) is 4.88. The van der Waals surface area contributed by atoms with Gasteiger partial charge in [0.2, 0.25) is 0 Å². The Bertz CT molecular complexity index is 1280. The zero-order chi connectivity index (χ0) is 25.4. The molecule has 3 aromatic rings. The van der Waals surface area contributed by atoms with Crippen molar-refractivity contribution in [3.63, 3.8) is 0 Å². The number of aryl methyl sites for hydroxylation is 2. The van der Waals surface area contributed by atoms with Crippen LogP contribution in [-0.2, 0) is 22.3 Å². The summed E-state index contributed by atoms with van der Waals surface area (Å²) in [4.78, 5) is 25.4. The van der Waals surface area contributed by atoms with Gasteiger partial charge in [0, 0.05) is 54.6 Å². The SMILES string of the molecule is COCCOC1CN(c2cc(F)c3c(n2)CCC(NC(=O)c2sc4nc(C)ccc4c2N)C3)CC1N. The van der Waals surface area contributed by atoms with Crippen LogP contribution in [0.2, 0.25) is 0 Å². The van der Waals surface area contributed by atoms with E-state index in [1.54, 1.807) is 7.11 Å². The summed E-state index contributed by atoms with van der Waals surface area (Å²) in [6, 6.07) is 4.84. The summed E-state index contributed by atoms with van der Waals surface area (Å²) in [5.41, 5.74) is 15.1. The number of hydrogen-bond acceptors (Lipinski definition) is 9. The number of methoxy groups -OCH3 is 1. The van der Waals surface area contributed by atoms with Gasteiger partial charge in [0.25, 0.3) is 5.91 Å². The molecule has 0 bridgehead atoms. The van der Waals surface area contributed by atoms with E-state index < -0.39 is 0 Å². The molecule has 1 fully saturated rings. The molecule has 3 aromatic heterocycles. The highest BCUT2D eigenvalue weighted by Gasteiger charge is 2.33. The van der Waals surface area contributed by atoms with Crippen molar-refractivity contribution in [1.82, 2.24) is 15.3 Å². The van der Waals surface area contributed by atoms with Crippen LogP contribution in [0.15, 0.2) is 18.2 Å². The highest BCUT2D eigenvalue weighted by Crippen LogP contribution is 2.33. The number of fused-ring (bicyclic) bond motifs is 2. The first-order chi connectivity index (χ1) is 17.3. The highest BCUT2D eigenvalue weighted by atomic mass is 32.1. The monoisotopic (exact) mass is 514 g/mol. The lowest BCUT2D eigenvalue weighted by molar-refractivity contribution is 0.0212. The molecule has 0 saturated carbocycles. The second kappa shape index (κ2) is 10.3. The Morgan fingerprint density at radius 2 is 2.14 bits per heavy atom. The van der Waals surface area contributed by atoms with Crippen molar-refractivity contribution in [2.75, 3.05) is 44.0 Å². The predicted molar refractivity (Wildman–Crippen MR) is 138 cm³/mol. The third-order valence-electron chi connectivity index (χ3n) is 6.85.